The van der Waals surface area contributed by atoms with Gasteiger partial charge >= 0.3 is 0 Å². The number of amides is 1. The smallest absolute Gasteiger partial charge is 0.261 e. The fourth-order valence-electron chi connectivity index (χ4n) is 3.55. The molecule has 0 fully saturated rings. The van der Waals surface area contributed by atoms with Gasteiger partial charge in [-0.05, 0) is 66.6 Å². The molecular formula is C26H27N3O7S2. The van der Waals surface area contributed by atoms with Gasteiger partial charge in [0.1, 0.15) is 11.3 Å². The average molecular weight is 558 g/mol. The van der Waals surface area contributed by atoms with E-state index in [9.17, 15) is 13.2 Å². The van der Waals surface area contributed by atoms with E-state index in [0.717, 1.165) is 17.3 Å². The van der Waals surface area contributed by atoms with Crippen molar-refractivity contribution in [1.29, 1.82) is 0 Å². The lowest BCUT2D eigenvalue weighted by Crippen LogP contribution is -2.27. The Morgan fingerprint density at radius 3 is 2.42 bits per heavy atom. The van der Waals surface area contributed by atoms with Crippen molar-refractivity contribution in [3.05, 3.63) is 66.2 Å². The van der Waals surface area contributed by atoms with E-state index in [0.29, 0.717) is 47.0 Å². The van der Waals surface area contributed by atoms with Crippen molar-refractivity contribution in [3.8, 4) is 17.2 Å². The number of methoxy groups -OCH3 is 3. The normalized spacial score (nSPS) is 11.2. The molecule has 1 amide bonds. The second-order valence-corrected chi connectivity index (χ2v) is 10.6. The third-order valence-corrected chi connectivity index (χ3v) is 7.71. The topological polar surface area (TPSA) is 129 Å². The van der Waals surface area contributed by atoms with Gasteiger partial charge in [0, 0.05) is 12.2 Å². The van der Waals surface area contributed by atoms with Gasteiger partial charge in [0.05, 0.1) is 32.0 Å². The van der Waals surface area contributed by atoms with Crippen LogP contribution in [0.5, 0.6) is 17.2 Å². The molecule has 0 aliphatic heterocycles. The van der Waals surface area contributed by atoms with Gasteiger partial charge in [-0.3, -0.25) is 9.52 Å². The number of ether oxygens (including phenoxy) is 3. The first-order valence-corrected chi connectivity index (χ1v) is 14.0. The molecule has 0 aliphatic carbocycles. The summed E-state index contributed by atoms with van der Waals surface area (Å²) in [4.78, 5) is 16.7. The minimum Gasteiger partial charge on any atom is -0.497 e. The zero-order valence-corrected chi connectivity index (χ0v) is 22.6. The maximum atomic E-state index is 12.8. The Balaban J connectivity index is 1.31. The van der Waals surface area contributed by atoms with Crippen LogP contribution in [0, 0.1) is 0 Å². The number of hydrogen-bond acceptors (Lipinski definition) is 9. The van der Waals surface area contributed by atoms with Crippen LogP contribution in [0.15, 0.2) is 75.2 Å². The van der Waals surface area contributed by atoms with Gasteiger partial charge in [0.15, 0.2) is 17.1 Å². The van der Waals surface area contributed by atoms with E-state index < -0.39 is 10.0 Å². The van der Waals surface area contributed by atoms with Crippen LogP contribution in [0.2, 0.25) is 0 Å². The Morgan fingerprint density at radius 1 is 0.947 bits per heavy atom. The number of oxazole rings is 1. The van der Waals surface area contributed by atoms with Crippen molar-refractivity contribution in [2.45, 2.75) is 16.5 Å². The maximum absolute atomic E-state index is 12.8. The number of hydrogen-bond donors (Lipinski definition) is 2. The van der Waals surface area contributed by atoms with E-state index in [2.05, 4.69) is 15.0 Å². The van der Waals surface area contributed by atoms with Crippen LogP contribution in [0.25, 0.3) is 11.1 Å². The van der Waals surface area contributed by atoms with E-state index in [4.69, 9.17) is 18.6 Å². The molecule has 0 radical (unpaired) electrons. The van der Waals surface area contributed by atoms with Crippen molar-refractivity contribution < 1.29 is 31.8 Å². The highest BCUT2D eigenvalue weighted by molar-refractivity contribution is 7.99. The summed E-state index contributed by atoms with van der Waals surface area (Å²) in [6.45, 7) is 0.449. The Kier molecular flexibility index (Phi) is 8.64. The SMILES string of the molecule is COc1ccc(NS(=O)(=O)c2ccc3oc(SCC(=O)NCCc4ccc(OC)c(OC)c4)nc3c2)cc1. The number of benzene rings is 3. The van der Waals surface area contributed by atoms with Gasteiger partial charge in [-0.15, -0.1) is 0 Å². The molecule has 3 aromatic carbocycles. The summed E-state index contributed by atoms with van der Waals surface area (Å²) in [5, 5.41) is 3.13. The number of nitrogens with zero attached hydrogens (tertiary/aromatic N) is 1. The van der Waals surface area contributed by atoms with Crippen molar-refractivity contribution in [1.82, 2.24) is 10.3 Å². The highest BCUT2D eigenvalue weighted by Crippen LogP contribution is 2.28. The number of carbonyl (C=O) groups excluding carboxylic acids is 1. The number of rotatable bonds is 12. The molecule has 0 saturated carbocycles. The fraction of sp³-hybridized carbons (Fsp3) is 0.231. The van der Waals surface area contributed by atoms with Gasteiger partial charge in [0.2, 0.25) is 5.91 Å². The monoisotopic (exact) mass is 557 g/mol. The van der Waals surface area contributed by atoms with Crippen molar-refractivity contribution >= 4 is 44.5 Å². The van der Waals surface area contributed by atoms with Crippen molar-refractivity contribution in [3.63, 3.8) is 0 Å². The number of fused-ring (bicyclic) bond motifs is 1. The van der Waals surface area contributed by atoms with E-state index in [1.807, 2.05) is 18.2 Å². The molecule has 38 heavy (non-hydrogen) atoms. The number of anilines is 1. The lowest BCUT2D eigenvalue weighted by Gasteiger charge is -2.10. The first-order chi connectivity index (χ1) is 18.3. The number of carbonyl (C=O) groups is 1. The predicted molar refractivity (Wildman–Crippen MR) is 145 cm³/mol. The van der Waals surface area contributed by atoms with Crippen LogP contribution >= 0.6 is 11.8 Å². The standard InChI is InChI=1S/C26H27N3O7S2/c1-33-19-7-5-18(6-8-19)29-38(31,32)20-9-11-22-21(15-20)28-26(36-22)37-16-25(30)27-13-12-17-4-10-23(34-2)24(14-17)35-3/h4-11,14-15,29H,12-13,16H2,1-3H3,(H,27,30). The summed E-state index contributed by atoms with van der Waals surface area (Å²) in [5.74, 6) is 1.82. The molecule has 1 aromatic heterocycles. The van der Waals surface area contributed by atoms with Crippen LogP contribution in [-0.4, -0.2) is 52.9 Å². The van der Waals surface area contributed by atoms with E-state index in [1.165, 1.54) is 25.3 Å². The van der Waals surface area contributed by atoms with Gasteiger partial charge in [0.25, 0.3) is 15.2 Å². The molecule has 2 N–H and O–H groups in total. The minimum atomic E-state index is -3.84. The summed E-state index contributed by atoms with van der Waals surface area (Å²) in [5.41, 5.74) is 2.20. The number of sulfonamides is 1. The van der Waals surface area contributed by atoms with Crippen molar-refractivity contribution in [2.75, 3.05) is 38.3 Å². The van der Waals surface area contributed by atoms with E-state index >= 15 is 0 Å². The van der Waals surface area contributed by atoms with Crippen molar-refractivity contribution in [2.24, 2.45) is 0 Å². The molecule has 4 aromatic rings. The van der Waals surface area contributed by atoms with Gasteiger partial charge in [-0.25, -0.2) is 13.4 Å². The van der Waals surface area contributed by atoms with E-state index in [1.54, 1.807) is 38.5 Å². The molecule has 1 heterocycles. The minimum absolute atomic E-state index is 0.0403. The summed E-state index contributed by atoms with van der Waals surface area (Å²) in [6, 6.07) is 16.6. The highest BCUT2D eigenvalue weighted by Gasteiger charge is 2.17. The Labute approximate surface area is 224 Å². The van der Waals surface area contributed by atoms with Crippen LogP contribution < -0.4 is 24.2 Å². The molecule has 200 valence electrons. The third kappa shape index (κ3) is 6.69. The number of nitrogens with one attached hydrogen (secondary N) is 2. The number of thioether (sulfide) groups is 1. The third-order valence-electron chi connectivity index (χ3n) is 5.50. The summed E-state index contributed by atoms with van der Waals surface area (Å²) >= 11 is 1.13. The Hall–Kier alpha value is -3.90. The second-order valence-electron chi connectivity index (χ2n) is 8.02. The summed E-state index contributed by atoms with van der Waals surface area (Å²) < 4.78 is 49.5. The van der Waals surface area contributed by atoms with Crippen LogP contribution in [-0.2, 0) is 21.2 Å². The van der Waals surface area contributed by atoms with Crippen LogP contribution in [0.4, 0.5) is 5.69 Å². The maximum Gasteiger partial charge on any atom is 0.261 e. The molecule has 0 unspecified atom stereocenters. The molecule has 12 heteroatoms. The molecule has 0 saturated heterocycles. The summed E-state index contributed by atoms with van der Waals surface area (Å²) in [7, 11) is 0.847. The first-order valence-electron chi connectivity index (χ1n) is 11.5. The number of aromatic nitrogens is 1. The summed E-state index contributed by atoms with van der Waals surface area (Å²) in [6.07, 6.45) is 0.626. The average Bonchev–Trinajstić information content (AvgIpc) is 3.34. The fourth-order valence-corrected chi connectivity index (χ4v) is 5.30. The van der Waals surface area contributed by atoms with Gasteiger partial charge < -0.3 is 23.9 Å². The van der Waals surface area contributed by atoms with Gasteiger partial charge in [-0.2, -0.15) is 0 Å². The largest absolute Gasteiger partial charge is 0.497 e. The Morgan fingerprint density at radius 2 is 1.71 bits per heavy atom. The zero-order chi connectivity index (χ0) is 27.1. The quantitative estimate of drug-likeness (QED) is 0.247. The first kappa shape index (κ1) is 27.1. The molecular weight excluding hydrogens is 530 g/mol. The van der Waals surface area contributed by atoms with Crippen LogP contribution in [0.3, 0.4) is 0 Å². The molecule has 10 nitrogen and oxygen atoms in total. The van der Waals surface area contributed by atoms with E-state index in [-0.39, 0.29) is 21.8 Å². The Bertz CT molecular complexity index is 1520. The predicted octanol–water partition coefficient (Wildman–Crippen LogP) is 4.11. The lowest BCUT2D eigenvalue weighted by atomic mass is 10.1. The molecule has 0 atom stereocenters. The zero-order valence-electron chi connectivity index (χ0n) is 21.0. The molecule has 0 spiro atoms. The molecule has 4 rings (SSSR count). The molecule has 0 bridgehead atoms. The highest BCUT2D eigenvalue weighted by atomic mass is 32.2. The van der Waals surface area contributed by atoms with Gasteiger partial charge in [-0.1, -0.05) is 17.8 Å². The second kappa shape index (κ2) is 12.1. The van der Waals surface area contributed by atoms with Crippen LogP contribution in [0.1, 0.15) is 5.56 Å². The lowest BCUT2D eigenvalue weighted by molar-refractivity contribution is -0.118. The molecule has 0 aliphatic rings.